The highest BCUT2D eigenvalue weighted by Crippen LogP contribution is 2.21. The first kappa shape index (κ1) is 9.93. The summed E-state index contributed by atoms with van der Waals surface area (Å²) in [4.78, 5) is 13.6. The Morgan fingerprint density at radius 1 is 1.43 bits per heavy atom. The summed E-state index contributed by atoms with van der Waals surface area (Å²) in [5.41, 5.74) is -0.778. The average molecular weight is 198 g/mol. The van der Waals surface area contributed by atoms with Crippen LogP contribution in [0.15, 0.2) is 0 Å². The zero-order valence-corrected chi connectivity index (χ0v) is 8.46. The molecule has 2 aliphatic rings. The van der Waals surface area contributed by atoms with Gasteiger partial charge in [-0.2, -0.15) is 0 Å². The molecule has 0 aromatic heterocycles. The van der Waals surface area contributed by atoms with Gasteiger partial charge in [-0.05, 0) is 25.8 Å². The van der Waals surface area contributed by atoms with Crippen molar-refractivity contribution >= 4 is 5.91 Å². The summed E-state index contributed by atoms with van der Waals surface area (Å²) in [6, 6.07) is 0. The van der Waals surface area contributed by atoms with E-state index in [1.807, 2.05) is 4.90 Å². The number of likely N-dealkylation sites (tertiary alicyclic amines) is 1. The van der Waals surface area contributed by atoms with Gasteiger partial charge in [-0.15, -0.1) is 0 Å². The van der Waals surface area contributed by atoms with Gasteiger partial charge in [0.2, 0.25) is 5.91 Å². The number of β-amino-alcohol motifs (C(OH)–C–C–N with tert-alkyl or cyclic N) is 1. The standard InChI is InChI=1S/C10H18N2O2/c13-9(12-5-1-2-6-12)7-10(14)3-4-11-8-10/h11,14H,1-8H2. The fourth-order valence-corrected chi connectivity index (χ4v) is 2.24. The highest BCUT2D eigenvalue weighted by atomic mass is 16.3. The summed E-state index contributed by atoms with van der Waals surface area (Å²) >= 11 is 0. The number of aliphatic hydroxyl groups is 1. The van der Waals surface area contributed by atoms with Crippen molar-refractivity contribution in [2.45, 2.75) is 31.3 Å². The predicted octanol–water partition coefficient (Wildman–Crippen LogP) is -0.277. The van der Waals surface area contributed by atoms with Crippen molar-refractivity contribution in [1.29, 1.82) is 0 Å². The maximum Gasteiger partial charge on any atom is 0.225 e. The van der Waals surface area contributed by atoms with Crippen LogP contribution in [0.2, 0.25) is 0 Å². The molecule has 14 heavy (non-hydrogen) atoms. The SMILES string of the molecule is O=C(CC1(O)CCNC1)N1CCCC1. The first-order valence-electron chi connectivity index (χ1n) is 5.41. The summed E-state index contributed by atoms with van der Waals surface area (Å²) in [5.74, 6) is 0.119. The lowest BCUT2D eigenvalue weighted by Gasteiger charge is -2.24. The van der Waals surface area contributed by atoms with Crippen LogP contribution in [0.1, 0.15) is 25.7 Å². The molecule has 2 aliphatic heterocycles. The van der Waals surface area contributed by atoms with Gasteiger partial charge in [-0.3, -0.25) is 4.79 Å². The van der Waals surface area contributed by atoms with E-state index in [2.05, 4.69) is 5.32 Å². The monoisotopic (exact) mass is 198 g/mol. The van der Waals surface area contributed by atoms with E-state index in [0.29, 0.717) is 19.4 Å². The molecule has 4 nitrogen and oxygen atoms in total. The Bertz CT molecular complexity index is 218. The van der Waals surface area contributed by atoms with Gasteiger partial charge in [0.05, 0.1) is 12.0 Å². The normalized spacial score (nSPS) is 32.5. The molecule has 80 valence electrons. The summed E-state index contributed by atoms with van der Waals surface area (Å²) in [7, 11) is 0. The average Bonchev–Trinajstić information content (AvgIpc) is 2.74. The quantitative estimate of drug-likeness (QED) is 0.642. The number of hydrogen-bond donors (Lipinski definition) is 2. The van der Waals surface area contributed by atoms with Crippen LogP contribution in [0, 0.1) is 0 Å². The second-order valence-corrected chi connectivity index (χ2v) is 4.42. The topological polar surface area (TPSA) is 52.6 Å². The third-order valence-corrected chi connectivity index (χ3v) is 3.16. The van der Waals surface area contributed by atoms with E-state index in [9.17, 15) is 9.90 Å². The molecule has 1 unspecified atom stereocenters. The number of carbonyl (C=O) groups is 1. The fourth-order valence-electron chi connectivity index (χ4n) is 2.24. The molecule has 2 heterocycles. The number of nitrogens with zero attached hydrogens (tertiary/aromatic N) is 1. The van der Waals surface area contributed by atoms with Gasteiger partial charge in [-0.1, -0.05) is 0 Å². The minimum atomic E-state index is -0.778. The summed E-state index contributed by atoms with van der Waals surface area (Å²) in [5, 5.41) is 13.1. The Balaban J connectivity index is 1.86. The van der Waals surface area contributed by atoms with Gasteiger partial charge in [-0.25, -0.2) is 0 Å². The lowest BCUT2D eigenvalue weighted by atomic mass is 9.98. The van der Waals surface area contributed by atoms with E-state index in [4.69, 9.17) is 0 Å². The molecule has 2 fully saturated rings. The largest absolute Gasteiger partial charge is 0.388 e. The van der Waals surface area contributed by atoms with Crippen LogP contribution < -0.4 is 5.32 Å². The van der Waals surface area contributed by atoms with Gasteiger partial charge in [0.15, 0.2) is 0 Å². The summed E-state index contributed by atoms with van der Waals surface area (Å²) in [6.45, 7) is 3.14. The zero-order valence-electron chi connectivity index (χ0n) is 8.46. The molecule has 0 aliphatic carbocycles. The minimum Gasteiger partial charge on any atom is -0.388 e. The van der Waals surface area contributed by atoms with Crippen LogP contribution in [0.4, 0.5) is 0 Å². The molecule has 4 heteroatoms. The first-order valence-corrected chi connectivity index (χ1v) is 5.41. The summed E-state index contributed by atoms with van der Waals surface area (Å²) < 4.78 is 0. The Hall–Kier alpha value is -0.610. The second-order valence-electron chi connectivity index (χ2n) is 4.42. The Kier molecular flexibility index (Phi) is 2.74. The number of hydrogen-bond acceptors (Lipinski definition) is 3. The van der Waals surface area contributed by atoms with Crippen molar-refractivity contribution in [2.24, 2.45) is 0 Å². The van der Waals surface area contributed by atoms with Crippen molar-refractivity contribution in [3.8, 4) is 0 Å². The number of carbonyl (C=O) groups excluding carboxylic acids is 1. The van der Waals surface area contributed by atoms with Crippen LogP contribution in [-0.4, -0.2) is 47.7 Å². The van der Waals surface area contributed by atoms with Gasteiger partial charge in [0.25, 0.3) is 0 Å². The molecule has 0 saturated carbocycles. The Morgan fingerprint density at radius 3 is 2.71 bits per heavy atom. The third kappa shape index (κ3) is 2.07. The fraction of sp³-hybridized carbons (Fsp3) is 0.900. The van der Waals surface area contributed by atoms with Gasteiger partial charge >= 0.3 is 0 Å². The van der Waals surface area contributed by atoms with E-state index in [1.54, 1.807) is 0 Å². The molecule has 2 saturated heterocycles. The predicted molar refractivity (Wildman–Crippen MR) is 52.9 cm³/mol. The van der Waals surface area contributed by atoms with Crippen LogP contribution in [0.5, 0.6) is 0 Å². The lowest BCUT2D eigenvalue weighted by Crippen LogP contribution is -2.39. The van der Waals surface area contributed by atoms with E-state index in [0.717, 1.165) is 32.5 Å². The Morgan fingerprint density at radius 2 is 2.14 bits per heavy atom. The minimum absolute atomic E-state index is 0.119. The second kappa shape index (κ2) is 3.87. The van der Waals surface area contributed by atoms with E-state index in [1.165, 1.54) is 0 Å². The van der Waals surface area contributed by atoms with Gasteiger partial charge in [0.1, 0.15) is 0 Å². The molecule has 2 rings (SSSR count). The van der Waals surface area contributed by atoms with Crippen LogP contribution in [-0.2, 0) is 4.79 Å². The first-order chi connectivity index (χ1) is 6.70. The molecule has 1 amide bonds. The highest BCUT2D eigenvalue weighted by molar-refractivity contribution is 5.77. The summed E-state index contributed by atoms with van der Waals surface area (Å²) in [6.07, 6.45) is 3.22. The molecule has 0 bridgehead atoms. The molecule has 0 spiro atoms. The maximum absolute atomic E-state index is 11.7. The smallest absolute Gasteiger partial charge is 0.225 e. The highest BCUT2D eigenvalue weighted by Gasteiger charge is 2.35. The maximum atomic E-state index is 11.7. The number of rotatable bonds is 2. The lowest BCUT2D eigenvalue weighted by molar-refractivity contribution is -0.134. The van der Waals surface area contributed by atoms with E-state index in [-0.39, 0.29) is 5.91 Å². The van der Waals surface area contributed by atoms with Crippen LogP contribution in [0.3, 0.4) is 0 Å². The van der Waals surface area contributed by atoms with Gasteiger partial charge < -0.3 is 15.3 Å². The molecule has 0 aromatic rings. The molecular weight excluding hydrogens is 180 g/mol. The van der Waals surface area contributed by atoms with Crippen molar-refractivity contribution in [2.75, 3.05) is 26.2 Å². The van der Waals surface area contributed by atoms with Crippen LogP contribution in [0.25, 0.3) is 0 Å². The molecule has 0 radical (unpaired) electrons. The molecular formula is C10H18N2O2. The van der Waals surface area contributed by atoms with Gasteiger partial charge in [0, 0.05) is 19.6 Å². The van der Waals surface area contributed by atoms with Crippen molar-refractivity contribution in [1.82, 2.24) is 10.2 Å². The van der Waals surface area contributed by atoms with Crippen molar-refractivity contribution < 1.29 is 9.90 Å². The van der Waals surface area contributed by atoms with Crippen LogP contribution >= 0.6 is 0 Å². The van der Waals surface area contributed by atoms with E-state index < -0.39 is 5.60 Å². The third-order valence-electron chi connectivity index (χ3n) is 3.16. The Labute approximate surface area is 84.3 Å². The number of amides is 1. The molecule has 2 N–H and O–H groups in total. The van der Waals surface area contributed by atoms with Crippen molar-refractivity contribution in [3.05, 3.63) is 0 Å². The van der Waals surface area contributed by atoms with Crippen molar-refractivity contribution in [3.63, 3.8) is 0 Å². The zero-order chi connectivity index (χ0) is 10.0. The molecule has 0 aromatic carbocycles. The van der Waals surface area contributed by atoms with E-state index >= 15 is 0 Å². The molecule has 1 atom stereocenters. The number of nitrogens with one attached hydrogen (secondary N) is 1.